The Morgan fingerprint density at radius 3 is 1.55 bits per heavy atom. The molecule has 0 bridgehead atoms. The van der Waals surface area contributed by atoms with Crippen molar-refractivity contribution in [1.82, 2.24) is 20.0 Å². The van der Waals surface area contributed by atoms with Gasteiger partial charge in [-0.25, -0.2) is 14.7 Å². The number of aromatic amines is 1. The van der Waals surface area contributed by atoms with Crippen LogP contribution in [-0.2, 0) is 0 Å². The highest BCUT2D eigenvalue weighted by Gasteiger charge is 2.15. The molecule has 0 aliphatic carbocycles. The number of hydrazone groups is 1. The zero-order chi connectivity index (χ0) is 36.4. The maximum atomic E-state index is 10.7. The Morgan fingerprint density at radius 1 is 0.604 bits per heavy atom. The Labute approximate surface area is 312 Å². The van der Waals surface area contributed by atoms with Gasteiger partial charge in [-0.15, -0.1) is 5.10 Å². The molecular formula is C43H35ClN8O. The van der Waals surface area contributed by atoms with Crippen LogP contribution in [0.1, 0.15) is 11.3 Å². The highest BCUT2D eigenvalue weighted by atomic mass is 35.5. The van der Waals surface area contributed by atoms with Crippen molar-refractivity contribution in [1.29, 1.82) is 0 Å². The van der Waals surface area contributed by atoms with Gasteiger partial charge in [-0.05, 0) is 67.6 Å². The number of aromatic hydroxyl groups is 1. The number of nitrogens with one attached hydrogen (secondary N) is 1. The molecule has 2 heterocycles. The summed E-state index contributed by atoms with van der Waals surface area (Å²) >= 11 is 6.20. The van der Waals surface area contributed by atoms with Gasteiger partial charge in [-0.3, -0.25) is 5.10 Å². The van der Waals surface area contributed by atoms with Crippen molar-refractivity contribution in [3.63, 3.8) is 0 Å². The normalized spacial score (nSPS) is 11.3. The van der Waals surface area contributed by atoms with Gasteiger partial charge >= 0.3 is 0 Å². The first kappa shape index (κ1) is 34.5. The molecule has 0 spiro atoms. The molecule has 0 radical (unpaired) electrons. The fourth-order valence-corrected chi connectivity index (χ4v) is 5.84. The summed E-state index contributed by atoms with van der Waals surface area (Å²) in [6.45, 7) is 1.86. The summed E-state index contributed by atoms with van der Waals surface area (Å²) < 4.78 is 1.52. The predicted molar refractivity (Wildman–Crippen MR) is 214 cm³/mol. The van der Waals surface area contributed by atoms with Crippen molar-refractivity contribution in [2.24, 2.45) is 10.2 Å². The van der Waals surface area contributed by atoms with E-state index in [4.69, 9.17) is 16.7 Å². The molecule has 53 heavy (non-hydrogen) atoms. The van der Waals surface area contributed by atoms with Gasteiger partial charge < -0.3 is 5.11 Å². The largest absolute Gasteiger partial charge is 0.493 e. The number of hydrogen-bond donors (Lipinski definition) is 2. The number of aromatic nitrogens is 4. The minimum atomic E-state index is 0.0634. The molecule has 0 aliphatic rings. The molecule has 2 N–H and O–H groups in total. The number of hydrogen-bond acceptors (Lipinski definition) is 7. The second kappa shape index (κ2) is 16.4. The topological polar surface area (TPSA) is 97.9 Å². The van der Waals surface area contributed by atoms with Crippen molar-refractivity contribution in [3.8, 4) is 11.6 Å². The van der Waals surface area contributed by atoms with E-state index in [0.29, 0.717) is 21.9 Å². The number of para-hydroxylation sites is 5. The maximum absolute atomic E-state index is 10.7. The van der Waals surface area contributed by atoms with Crippen LogP contribution in [0.2, 0.25) is 5.15 Å². The van der Waals surface area contributed by atoms with Crippen molar-refractivity contribution >= 4 is 51.3 Å². The summed E-state index contributed by atoms with van der Waals surface area (Å²) in [5, 5.41) is 37.7. The quantitative estimate of drug-likeness (QED) is 0.121. The lowest BCUT2D eigenvalue weighted by Crippen LogP contribution is -2.19. The lowest BCUT2D eigenvalue weighted by molar-refractivity contribution is 0.433. The van der Waals surface area contributed by atoms with E-state index in [2.05, 4.69) is 20.4 Å². The number of fused-ring (bicyclic) bond motifs is 1. The molecule has 0 aliphatic heterocycles. The first-order valence-corrected chi connectivity index (χ1v) is 17.3. The zero-order valence-corrected chi connectivity index (χ0v) is 29.5. The highest BCUT2D eigenvalue weighted by Crippen LogP contribution is 2.28. The summed E-state index contributed by atoms with van der Waals surface area (Å²) in [4.78, 5) is 0. The van der Waals surface area contributed by atoms with E-state index in [9.17, 15) is 5.11 Å². The van der Waals surface area contributed by atoms with Gasteiger partial charge in [0, 0.05) is 10.8 Å². The first-order chi connectivity index (χ1) is 26.1. The van der Waals surface area contributed by atoms with Crippen LogP contribution in [0.5, 0.6) is 5.88 Å². The Morgan fingerprint density at radius 2 is 1.04 bits per heavy atom. The van der Waals surface area contributed by atoms with Crippen LogP contribution < -0.4 is 15.5 Å². The molecule has 0 saturated carbocycles. The Kier molecular flexibility index (Phi) is 10.6. The van der Waals surface area contributed by atoms with Gasteiger partial charge in [0.1, 0.15) is 0 Å². The second-order valence-electron chi connectivity index (χ2n) is 11.8. The summed E-state index contributed by atoms with van der Waals surface area (Å²) in [6.07, 6.45) is 1.65. The SMILES string of the molecule is Cc1nn(-c2ccccc2)c(O)c1/C=N/N(c1ccccc1)c1ccccc1.Clc1n[nH]/c(=N\N(c2ccccc2)c2ccccc2)c2ccccc12. The molecule has 9 nitrogen and oxygen atoms in total. The predicted octanol–water partition coefficient (Wildman–Crippen LogP) is 9.93. The van der Waals surface area contributed by atoms with E-state index in [0.717, 1.165) is 39.2 Å². The minimum absolute atomic E-state index is 0.0634. The Balaban J connectivity index is 0.000000165. The monoisotopic (exact) mass is 714 g/mol. The lowest BCUT2D eigenvalue weighted by atomic mass is 10.2. The first-order valence-electron chi connectivity index (χ1n) is 16.9. The fourth-order valence-electron chi connectivity index (χ4n) is 5.63. The molecule has 0 amide bonds. The zero-order valence-electron chi connectivity index (χ0n) is 28.8. The standard InChI is InChI=1S/C23H20N4O.C20H15ClN4/c1-18-22(23(28)27(25-18)21-15-9-4-10-16-21)17-24-26(19-11-5-2-6-12-19)20-13-7-3-8-14-20;21-19-17-13-7-8-14-18(17)20(23-22-19)24-25(15-9-3-1-4-10-15)16-11-5-2-6-12-16/h2-17,28H,1H3;1-14H,(H,23,24)/b24-17+;. The average Bonchev–Trinajstić information content (AvgIpc) is 3.51. The summed E-state index contributed by atoms with van der Waals surface area (Å²) in [7, 11) is 0. The molecule has 2 aromatic heterocycles. The van der Waals surface area contributed by atoms with Crippen LogP contribution in [0.4, 0.5) is 22.7 Å². The van der Waals surface area contributed by atoms with E-state index in [1.807, 2.05) is 193 Å². The number of halogens is 1. The second-order valence-corrected chi connectivity index (χ2v) is 12.1. The van der Waals surface area contributed by atoms with Crippen LogP contribution in [0.3, 0.4) is 0 Å². The van der Waals surface area contributed by atoms with Crippen LogP contribution in [0, 0.1) is 6.92 Å². The number of aryl methyl sites for hydroxylation is 1. The van der Waals surface area contributed by atoms with Gasteiger partial charge in [0.15, 0.2) is 10.6 Å². The highest BCUT2D eigenvalue weighted by molar-refractivity contribution is 6.34. The molecule has 10 heteroatoms. The average molecular weight is 715 g/mol. The fraction of sp³-hybridized carbons (Fsp3) is 0.0233. The summed E-state index contributed by atoms with van der Waals surface area (Å²) in [5.74, 6) is 0.0634. The van der Waals surface area contributed by atoms with E-state index < -0.39 is 0 Å². The third-order valence-corrected chi connectivity index (χ3v) is 8.54. The third-order valence-electron chi connectivity index (χ3n) is 8.25. The van der Waals surface area contributed by atoms with Gasteiger partial charge in [0.25, 0.3) is 0 Å². The Bertz CT molecular complexity index is 2410. The number of nitrogens with zero attached hydrogens (tertiary/aromatic N) is 7. The number of anilines is 4. The smallest absolute Gasteiger partial charge is 0.223 e. The van der Waals surface area contributed by atoms with Crippen molar-refractivity contribution in [2.75, 3.05) is 10.0 Å². The molecule has 8 aromatic rings. The molecule has 260 valence electrons. The summed E-state index contributed by atoms with van der Waals surface area (Å²) in [6, 6.07) is 57.1. The van der Waals surface area contributed by atoms with Crippen LogP contribution in [0.25, 0.3) is 16.5 Å². The van der Waals surface area contributed by atoms with E-state index in [1.165, 1.54) is 4.68 Å². The molecule has 0 unspecified atom stereocenters. The summed E-state index contributed by atoms with van der Waals surface area (Å²) in [5.41, 5.74) is 6.50. The molecular weight excluding hydrogens is 680 g/mol. The van der Waals surface area contributed by atoms with Crippen LogP contribution in [0.15, 0.2) is 186 Å². The van der Waals surface area contributed by atoms with E-state index >= 15 is 0 Å². The number of H-pyrrole nitrogens is 1. The van der Waals surface area contributed by atoms with Crippen molar-refractivity contribution in [2.45, 2.75) is 6.92 Å². The molecule has 0 saturated heterocycles. The van der Waals surface area contributed by atoms with Gasteiger partial charge in [0.2, 0.25) is 5.88 Å². The molecule has 8 rings (SSSR count). The van der Waals surface area contributed by atoms with E-state index in [-0.39, 0.29) is 5.88 Å². The van der Waals surface area contributed by atoms with Crippen molar-refractivity contribution in [3.05, 3.63) is 198 Å². The van der Waals surface area contributed by atoms with Gasteiger partial charge in [0.05, 0.1) is 45.9 Å². The van der Waals surface area contributed by atoms with Gasteiger partial charge in [-0.1, -0.05) is 127 Å². The van der Waals surface area contributed by atoms with Crippen LogP contribution in [-0.4, -0.2) is 31.3 Å². The van der Waals surface area contributed by atoms with Gasteiger partial charge in [-0.2, -0.15) is 15.3 Å². The van der Waals surface area contributed by atoms with Crippen LogP contribution >= 0.6 is 11.6 Å². The minimum Gasteiger partial charge on any atom is -0.493 e. The number of benzene rings is 6. The van der Waals surface area contributed by atoms with E-state index in [1.54, 1.807) is 6.21 Å². The number of rotatable bonds is 8. The molecule has 6 aromatic carbocycles. The Hall–Kier alpha value is -6.97. The molecule has 0 atom stereocenters. The van der Waals surface area contributed by atoms with Crippen molar-refractivity contribution < 1.29 is 5.11 Å². The lowest BCUT2D eigenvalue weighted by Gasteiger charge is -2.19. The maximum Gasteiger partial charge on any atom is 0.223 e. The third kappa shape index (κ3) is 8.01. The molecule has 0 fully saturated rings.